The van der Waals surface area contributed by atoms with Gasteiger partial charge in [0.2, 0.25) is 0 Å². The van der Waals surface area contributed by atoms with Crippen molar-refractivity contribution in [2.24, 2.45) is 0 Å². The molecule has 0 fully saturated rings. The molecular weight excluding hydrogens is 340 g/mol. The third-order valence-electron chi connectivity index (χ3n) is 4.40. The van der Waals surface area contributed by atoms with Crippen molar-refractivity contribution in [3.8, 4) is 0 Å². The molecule has 4 heteroatoms. The van der Waals surface area contributed by atoms with Gasteiger partial charge in [0, 0.05) is 19.8 Å². The number of esters is 1. The molecule has 0 aliphatic heterocycles. The molecule has 1 unspecified atom stereocenters. The lowest BCUT2D eigenvalue weighted by Gasteiger charge is -2.13. The monoisotopic (exact) mass is 380 g/mol. The lowest BCUT2D eigenvalue weighted by molar-refractivity contribution is -0.149. The number of carbonyl (C=O) groups excluding carboxylic acids is 2. The van der Waals surface area contributed by atoms with E-state index in [1.165, 1.54) is 45.4 Å². The van der Waals surface area contributed by atoms with Gasteiger partial charge in [0.1, 0.15) is 11.9 Å². The maximum atomic E-state index is 11.8. The van der Waals surface area contributed by atoms with E-state index in [1.807, 2.05) is 0 Å². The van der Waals surface area contributed by atoms with E-state index >= 15 is 0 Å². The molecule has 0 radical (unpaired) electrons. The second-order valence-corrected chi connectivity index (χ2v) is 7.14. The van der Waals surface area contributed by atoms with Gasteiger partial charge in [0.25, 0.3) is 0 Å². The Hall–Kier alpha value is -1.42. The molecule has 0 heterocycles. The van der Waals surface area contributed by atoms with Crippen LogP contribution in [-0.2, 0) is 14.3 Å². The second kappa shape index (κ2) is 19.3. The molecule has 0 aliphatic rings. The summed E-state index contributed by atoms with van der Waals surface area (Å²) in [6.07, 6.45) is 21.7. The highest BCUT2D eigenvalue weighted by atomic mass is 16.5. The quantitative estimate of drug-likeness (QED) is 0.189. The number of aliphatic hydroxyl groups excluding tert-OH is 1. The first-order valence-corrected chi connectivity index (χ1v) is 10.7. The molecule has 156 valence electrons. The van der Waals surface area contributed by atoms with Crippen molar-refractivity contribution in [3.63, 3.8) is 0 Å². The van der Waals surface area contributed by atoms with E-state index in [0.717, 1.165) is 32.1 Å². The number of allylic oxidation sites excluding steroid dienone is 4. The molecule has 0 aromatic rings. The normalized spacial score (nSPS) is 12.7. The first-order valence-electron chi connectivity index (χ1n) is 10.7. The smallest absolute Gasteiger partial charge is 0.302 e. The number of ketones is 1. The predicted octanol–water partition coefficient (Wildman–Crippen LogP) is 5.68. The number of unbranched alkanes of at least 4 members (excludes halogenated alkanes) is 8. The predicted molar refractivity (Wildman–Crippen MR) is 112 cm³/mol. The Morgan fingerprint density at radius 1 is 0.889 bits per heavy atom. The molecule has 0 saturated carbocycles. The van der Waals surface area contributed by atoms with Gasteiger partial charge in [-0.2, -0.15) is 0 Å². The Morgan fingerprint density at radius 3 is 2.07 bits per heavy atom. The maximum Gasteiger partial charge on any atom is 0.302 e. The van der Waals surface area contributed by atoms with Crippen LogP contribution in [0, 0.1) is 0 Å². The van der Waals surface area contributed by atoms with Gasteiger partial charge in [-0.1, -0.05) is 63.3 Å². The lowest BCUT2D eigenvalue weighted by atomic mass is 10.0. The Labute approximate surface area is 166 Å². The largest absolute Gasteiger partial charge is 0.460 e. The average Bonchev–Trinajstić information content (AvgIpc) is 2.64. The van der Waals surface area contributed by atoms with Crippen molar-refractivity contribution in [2.45, 2.75) is 103 Å². The number of hydrogen-bond donors (Lipinski definition) is 1. The first kappa shape index (κ1) is 25.6. The minimum absolute atomic E-state index is 0.0565. The average molecular weight is 381 g/mol. The van der Waals surface area contributed by atoms with Crippen molar-refractivity contribution in [3.05, 3.63) is 24.3 Å². The molecule has 0 aromatic carbocycles. The Balaban J connectivity index is 3.47. The third kappa shape index (κ3) is 19.2. The molecule has 27 heavy (non-hydrogen) atoms. The molecule has 1 atom stereocenters. The molecule has 0 aromatic heterocycles. The van der Waals surface area contributed by atoms with Crippen LogP contribution in [0.3, 0.4) is 0 Å². The summed E-state index contributed by atoms with van der Waals surface area (Å²) in [7, 11) is 0. The number of carbonyl (C=O) groups is 2. The van der Waals surface area contributed by atoms with Gasteiger partial charge < -0.3 is 9.84 Å². The van der Waals surface area contributed by atoms with E-state index in [0.29, 0.717) is 6.42 Å². The van der Waals surface area contributed by atoms with Crippen molar-refractivity contribution < 1.29 is 19.4 Å². The Morgan fingerprint density at radius 2 is 1.48 bits per heavy atom. The summed E-state index contributed by atoms with van der Waals surface area (Å²) in [5, 5.41) is 9.09. The van der Waals surface area contributed by atoms with E-state index in [9.17, 15) is 9.59 Å². The van der Waals surface area contributed by atoms with Crippen LogP contribution in [0.25, 0.3) is 0 Å². The van der Waals surface area contributed by atoms with Gasteiger partial charge in [0.15, 0.2) is 0 Å². The fourth-order valence-corrected chi connectivity index (χ4v) is 2.87. The first-order chi connectivity index (χ1) is 13.1. The van der Waals surface area contributed by atoms with Crippen molar-refractivity contribution >= 4 is 11.8 Å². The minimum atomic E-state index is -0.687. The Kier molecular flexibility index (Phi) is 18.3. The number of aliphatic hydroxyl groups is 1. The lowest BCUT2D eigenvalue weighted by Crippen LogP contribution is -2.23. The van der Waals surface area contributed by atoms with Gasteiger partial charge >= 0.3 is 5.97 Å². The van der Waals surface area contributed by atoms with Crippen LogP contribution in [0.2, 0.25) is 0 Å². The molecular formula is C23H40O4. The van der Waals surface area contributed by atoms with E-state index in [1.54, 1.807) is 0 Å². The summed E-state index contributed by atoms with van der Waals surface area (Å²) in [4.78, 5) is 22.7. The highest BCUT2D eigenvalue weighted by Crippen LogP contribution is 2.10. The number of rotatable bonds is 18. The fraction of sp³-hybridized carbons (Fsp3) is 0.739. The topological polar surface area (TPSA) is 63.6 Å². The zero-order valence-electron chi connectivity index (χ0n) is 17.5. The zero-order valence-corrected chi connectivity index (χ0v) is 17.5. The molecule has 4 nitrogen and oxygen atoms in total. The molecule has 0 amide bonds. The highest BCUT2D eigenvalue weighted by molar-refractivity contribution is 5.79. The fourth-order valence-electron chi connectivity index (χ4n) is 2.87. The highest BCUT2D eigenvalue weighted by Gasteiger charge is 2.15. The number of Topliss-reactive ketones (excluding diaryl/α,β-unsaturated/α-hetero) is 1. The van der Waals surface area contributed by atoms with E-state index in [-0.39, 0.29) is 18.8 Å². The SMILES string of the molecule is CCCCC/C=C\C/C=C\CCCCCCCC(=O)CC(CO)OC(C)=O. The summed E-state index contributed by atoms with van der Waals surface area (Å²) < 4.78 is 4.88. The van der Waals surface area contributed by atoms with Gasteiger partial charge in [-0.15, -0.1) is 0 Å². The number of hydrogen-bond acceptors (Lipinski definition) is 4. The molecule has 0 rings (SSSR count). The molecule has 0 aliphatic carbocycles. The van der Waals surface area contributed by atoms with Crippen LogP contribution < -0.4 is 0 Å². The summed E-state index contributed by atoms with van der Waals surface area (Å²) in [6, 6.07) is 0. The van der Waals surface area contributed by atoms with Crippen LogP contribution in [0.1, 0.15) is 97.3 Å². The van der Waals surface area contributed by atoms with Crippen molar-refractivity contribution in [1.29, 1.82) is 0 Å². The standard InChI is InChI=1S/C23H40O4/c1-3-4-5-6-7-8-9-10-11-12-13-14-15-16-17-18-22(26)19-23(20-24)27-21(2)25/h7-8,10-11,23-24H,3-6,9,12-20H2,1-2H3/b8-7-,11-10-. The van der Waals surface area contributed by atoms with Crippen LogP contribution >= 0.6 is 0 Å². The van der Waals surface area contributed by atoms with Crippen LogP contribution in [-0.4, -0.2) is 29.6 Å². The molecule has 1 N–H and O–H groups in total. The summed E-state index contributed by atoms with van der Waals surface area (Å²) in [6.45, 7) is 3.22. The van der Waals surface area contributed by atoms with Gasteiger partial charge in [-0.05, 0) is 38.5 Å². The van der Waals surface area contributed by atoms with Crippen molar-refractivity contribution in [1.82, 2.24) is 0 Å². The van der Waals surface area contributed by atoms with Crippen LogP contribution in [0.15, 0.2) is 24.3 Å². The third-order valence-corrected chi connectivity index (χ3v) is 4.40. The van der Waals surface area contributed by atoms with Gasteiger partial charge in [-0.25, -0.2) is 0 Å². The molecule has 0 saturated heterocycles. The molecule has 0 bridgehead atoms. The van der Waals surface area contributed by atoms with Crippen LogP contribution in [0.4, 0.5) is 0 Å². The second-order valence-electron chi connectivity index (χ2n) is 7.14. The summed E-state index contributed by atoms with van der Waals surface area (Å²) in [5.41, 5.74) is 0. The van der Waals surface area contributed by atoms with E-state index in [2.05, 4.69) is 31.2 Å². The maximum absolute atomic E-state index is 11.8. The minimum Gasteiger partial charge on any atom is -0.460 e. The van der Waals surface area contributed by atoms with Crippen LogP contribution in [0.5, 0.6) is 0 Å². The summed E-state index contributed by atoms with van der Waals surface area (Å²) in [5.74, 6) is -0.403. The zero-order chi connectivity index (χ0) is 20.2. The van der Waals surface area contributed by atoms with Gasteiger partial charge in [0.05, 0.1) is 6.61 Å². The van der Waals surface area contributed by atoms with E-state index < -0.39 is 12.1 Å². The van der Waals surface area contributed by atoms with Crippen molar-refractivity contribution in [2.75, 3.05) is 6.61 Å². The van der Waals surface area contributed by atoms with Gasteiger partial charge in [-0.3, -0.25) is 9.59 Å². The number of ether oxygens (including phenoxy) is 1. The van der Waals surface area contributed by atoms with E-state index in [4.69, 9.17) is 9.84 Å². The summed E-state index contributed by atoms with van der Waals surface area (Å²) >= 11 is 0. The Bertz CT molecular complexity index is 426. The molecule has 0 spiro atoms.